The number of anilines is 1. The summed E-state index contributed by atoms with van der Waals surface area (Å²) in [5.41, 5.74) is 3.58. The van der Waals surface area contributed by atoms with Crippen LogP contribution in [0.25, 0.3) is 22.2 Å². The summed E-state index contributed by atoms with van der Waals surface area (Å²) < 4.78 is 5.41. The van der Waals surface area contributed by atoms with Gasteiger partial charge in [0.05, 0.1) is 38.5 Å². The Morgan fingerprint density at radius 2 is 1.76 bits per heavy atom. The molecule has 2 heterocycles. The molecule has 2 aromatic heterocycles. The van der Waals surface area contributed by atoms with Gasteiger partial charge in [0, 0.05) is 15.8 Å². The van der Waals surface area contributed by atoms with Gasteiger partial charge in [-0.1, -0.05) is 47.5 Å². The molecule has 1 N–H and O–H groups in total. The summed E-state index contributed by atoms with van der Waals surface area (Å²) in [6, 6.07) is 14.3. The van der Waals surface area contributed by atoms with Crippen molar-refractivity contribution in [3.05, 3.63) is 80.1 Å². The van der Waals surface area contributed by atoms with Gasteiger partial charge in [0.1, 0.15) is 5.00 Å². The highest BCUT2D eigenvalue weighted by Gasteiger charge is 2.24. The number of ether oxygens (including phenoxy) is 1. The number of carbonyl (C=O) groups is 2. The van der Waals surface area contributed by atoms with Gasteiger partial charge in [0.25, 0.3) is 5.91 Å². The van der Waals surface area contributed by atoms with E-state index in [1.807, 2.05) is 38.1 Å². The number of carbonyl (C=O) groups excluding carboxylic acids is 2. The summed E-state index contributed by atoms with van der Waals surface area (Å²) in [6.07, 6.45) is -0.270. The fourth-order valence-electron chi connectivity index (χ4n) is 3.57. The van der Waals surface area contributed by atoms with E-state index in [0.717, 1.165) is 16.0 Å². The van der Waals surface area contributed by atoms with Crippen LogP contribution in [0, 0.1) is 13.8 Å². The lowest BCUT2D eigenvalue weighted by Gasteiger charge is -2.12. The zero-order valence-corrected chi connectivity index (χ0v) is 21.4. The van der Waals surface area contributed by atoms with Crippen LogP contribution < -0.4 is 5.32 Å². The molecule has 1 amide bonds. The largest absolute Gasteiger partial charge is 0.459 e. The van der Waals surface area contributed by atoms with Crippen molar-refractivity contribution in [3.8, 4) is 11.3 Å². The summed E-state index contributed by atoms with van der Waals surface area (Å²) >= 11 is 13.6. The summed E-state index contributed by atoms with van der Waals surface area (Å²) in [5, 5.41) is 4.93. The van der Waals surface area contributed by atoms with E-state index in [0.29, 0.717) is 42.8 Å². The number of rotatable bonds is 5. The van der Waals surface area contributed by atoms with Gasteiger partial charge in [-0.05, 0) is 57.5 Å². The van der Waals surface area contributed by atoms with E-state index >= 15 is 0 Å². The number of fused-ring (bicyclic) bond motifs is 1. The zero-order chi connectivity index (χ0) is 24.6. The molecule has 0 fully saturated rings. The van der Waals surface area contributed by atoms with E-state index in [2.05, 4.69) is 5.32 Å². The Hall–Kier alpha value is -2.93. The minimum absolute atomic E-state index is 0.270. The Balaban J connectivity index is 1.79. The molecule has 0 spiro atoms. The van der Waals surface area contributed by atoms with Crippen molar-refractivity contribution in [2.45, 2.75) is 33.8 Å². The molecule has 0 saturated heterocycles. The van der Waals surface area contributed by atoms with Crippen LogP contribution in [-0.2, 0) is 4.74 Å². The van der Waals surface area contributed by atoms with Gasteiger partial charge in [-0.3, -0.25) is 4.79 Å². The molecule has 0 aliphatic rings. The molecule has 34 heavy (non-hydrogen) atoms. The number of nitrogens with zero attached hydrogens (tertiary/aromatic N) is 1. The monoisotopic (exact) mass is 512 g/mol. The normalized spacial score (nSPS) is 11.1. The predicted octanol–water partition coefficient (Wildman–Crippen LogP) is 7.70. The van der Waals surface area contributed by atoms with Crippen LogP contribution in [-0.4, -0.2) is 23.0 Å². The van der Waals surface area contributed by atoms with Crippen molar-refractivity contribution in [2.24, 2.45) is 0 Å². The van der Waals surface area contributed by atoms with Crippen molar-refractivity contribution in [1.29, 1.82) is 0 Å². The Morgan fingerprint density at radius 1 is 1.03 bits per heavy atom. The predicted molar refractivity (Wildman–Crippen MR) is 139 cm³/mol. The molecule has 0 aliphatic carbocycles. The molecule has 2 aromatic carbocycles. The molecule has 5 nitrogen and oxygen atoms in total. The third-order valence-corrected chi connectivity index (χ3v) is 7.20. The molecule has 8 heteroatoms. The van der Waals surface area contributed by atoms with Crippen LogP contribution >= 0.6 is 34.5 Å². The molecular weight excluding hydrogens is 491 g/mol. The van der Waals surface area contributed by atoms with Crippen molar-refractivity contribution >= 4 is 62.3 Å². The Labute approximate surface area is 211 Å². The quantitative estimate of drug-likeness (QED) is 0.278. The number of halogens is 2. The molecule has 0 aliphatic heterocycles. The minimum Gasteiger partial charge on any atom is -0.459 e. The van der Waals surface area contributed by atoms with Gasteiger partial charge in [0.15, 0.2) is 0 Å². The minimum atomic E-state index is -0.455. The van der Waals surface area contributed by atoms with Crippen LogP contribution in [0.2, 0.25) is 10.0 Å². The van der Waals surface area contributed by atoms with Gasteiger partial charge >= 0.3 is 5.97 Å². The van der Waals surface area contributed by atoms with Gasteiger partial charge in [0.2, 0.25) is 0 Å². The Bertz CT molecular complexity index is 1430. The first-order chi connectivity index (χ1) is 16.2. The first-order valence-corrected chi connectivity index (χ1v) is 12.2. The van der Waals surface area contributed by atoms with Crippen molar-refractivity contribution in [2.75, 3.05) is 5.32 Å². The number of esters is 1. The molecule has 174 valence electrons. The maximum atomic E-state index is 13.5. The van der Waals surface area contributed by atoms with E-state index in [-0.39, 0.29) is 12.0 Å². The van der Waals surface area contributed by atoms with Crippen LogP contribution in [0.5, 0.6) is 0 Å². The average Bonchev–Trinajstić information content (AvgIpc) is 3.07. The van der Waals surface area contributed by atoms with Gasteiger partial charge in [-0.2, -0.15) is 0 Å². The number of para-hydroxylation sites is 1. The molecule has 0 unspecified atom stereocenters. The molecule has 0 saturated carbocycles. The number of aromatic nitrogens is 1. The average molecular weight is 513 g/mol. The number of hydrogen-bond donors (Lipinski definition) is 1. The lowest BCUT2D eigenvalue weighted by atomic mass is 10.0. The third-order valence-electron chi connectivity index (χ3n) is 5.34. The van der Waals surface area contributed by atoms with E-state index in [4.69, 9.17) is 32.9 Å². The standard InChI is InChI=1S/C26H22Cl2N2O3S/c1-13(2)33-26(32)23-14(3)15(4)34-25(23)30-24(31)18-12-22(16-9-10-19(27)20(28)11-16)29-21-8-6-5-7-17(18)21/h5-13H,1-4H3,(H,30,31). The number of hydrogen-bond acceptors (Lipinski definition) is 5. The van der Waals surface area contributed by atoms with E-state index in [1.165, 1.54) is 11.3 Å². The number of nitrogens with one attached hydrogen (secondary N) is 1. The topological polar surface area (TPSA) is 68.3 Å². The number of benzene rings is 2. The van der Waals surface area contributed by atoms with E-state index in [1.54, 1.807) is 38.1 Å². The Morgan fingerprint density at radius 3 is 2.47 bits per heavy atom. The summed E-state index contributed by atoms with van der Waals surface area (Å²) in [7, 11) is 0. The van der Waals surface area contributed by atoms with Crippen molar-refractivity contribution in [1.82, 2.24) is 4.98 Å². The summed E-state index contributed by atoms with van der Waals surface area (Å²) in [4.78, 5) is 31.9. The zero-order valence-electron chi connectivity index (χ0n) is 19.0. The summed E-state index contributed by atoms with van der Waals surface area (Å²) in [6.45, 7) is 7.34. The molecule has 0 atom stereocenters. The smallest absolute Gasteiger partial charge is 0.341 e. The van der Waals surface area contributed by atoms with Crippen LogP contribution in [0.3, 0.4) is 0 Å². The maximum Gasteiger partial charge on any atom is 0.341 e. The first kappa shape index (κ1) is 24.2. The van der Waals surface area contributed by atoms with Crippen LogP contribution in [0.4, 0.5) is 5.00 Å². The number of aryl methyl sites for hydroxylation is 1. The second-order valence-electron chi connectivity index (χ2n) is 8.10. The maximum absolute atomic E-state index is 13.5. The Kier molecular flexibility index (Phi) is 6.94. The molecular formula is C26H22Cl2N2O3S. The van der Waals surface area contributed by atoms with Crippen LogP contribution in [0.1, 0.15) is 45.0 Å². The van der Waals surface area contributed by atoms with Crippen LogP contribution in [0.15, 0.2) is 48.5 Å². The molecule has 4 rings (SSSR count). The third kappa shape index (κ3) is 4.80. The first-order valence-electron chi connectivity index (χ1n) is 10.6. The summed E-state index contributed by atoms with van der Waals surface area (Å²) in [5.74, 6) is -0.803. The molecule has 4 aromatic rings. The van der Waals surface area contributed by atoms with Crippen molar-refractivity contribution in [3.63, 3.8) is 0 Å². The van der Waals surface area contributed by atoms with Gasteiger partial charge in [-0.15, -0.1) is 11.3 Å². The highest BCUT2D eigenvalue weighted by Crippen LogP contribution is 2.35. The number of pyridine rings is 1. The highest BCUT2D eigenvalue weighted by atomic mass is 35.5. The lowest BCUT2D eigenvalue weighted by Crippen LogP contribution is -2.17. The van der Waals surface area contributed by atoms with Gasteiger partial charge in [-0.25, -0.2) is 9.78 Å². The van der Waals surface area contributed by atoms with Crippen molar-refractivity contribution < 1.29 is 14.3 Å². The SMILES string of the molecule is Cc1sc(NC(=O)c2cc(-c3ccc(Cl)c(Cl)c3)nc3ccccc23)c(C(=O)OC(C)C)c1C. The molecule has 0 radical (unpaired) electrons. The number of thiophene rings is 1. The lowest BCUT2D eigenvalue weighted by molar-refractivity contribution is 0.0379. The fraction of sp³-hybridized carbons (Fsp3) is 0.192. The molecule has 0 bridgehead atoms. The second kappa shape index (κ2) is 9.74. The van der Waals surface area contributed by atoms with E-state index < -0.39 is 5.97 Å². The van der Waals surface area contributed by atoms with E-state index in [9.17, 15) is 9.59 Å². The highest BCUT2D eigenvalue weighted by molar-refractivity contribution is 7.16. The van der Waals surface area contributed by atoms with Gasteiger partial charge < -0.3 is 10.1 Å². The second-order valence-corrected chi connectivity index (χ2v) is 10.1. The number of amides is 1. The fourth-order valence-corrected chi connectivity index (χ4v) is 4.91.